The van der Waals surface area contributed by atoms with E-state index in [0.29, 0.717) is 6.04 Å². The number of nitrogens with one attached hydrogen (secondary N) is 2. The van der Waals surface area contributed by atoms with Gasteiger partial charge in [0.25, 0.3) is 0 Å². The Bertz CT molecular complexity index is 192. The standard InChI is InChI=1S/C11H22N2O/c1-11(2,3)10(14)13-8-7-12-9-5-4-6-9/h9,12H,4-8H2,1-3H3,(H,13,14). The molecule has 0 saturated heterocycles. The zero-order valence-electron chi connectivity index (χ0n) is 9.52. The second-order valence-corrected chi connectivity index (χ2v) is 5.09. The lowest BCUT2D eigenvalue weighted by Gasteiger charge is -2.27. The number of carbonyl (C=O) groups is 1. The molecule has 82 valence electrons. The molecule has 3 nitrogen and oxygen atoms in total. The van der Waals surface area contributed by atoms with Crippen molar-refractivity contribution in [1.82, 2.24) is 10.6 Å². The van der Waals surface area contributed by atoms with E-state index in [-0.39, 0.29) is 11.3 Å². The molecule has 0 aromatic heterocycles. The largest absolute Gasteiger partial charge is 0.354 e. The van der Waals surface area contributed by atoms with E-state index in [1.165, 1.54) is 19.3 Å². The molecular formula is C11H22N2O. The minimum atomic E-state index is -0.267. The highest BCUT2D eigenvalue weighted by Gasteiger charge is 2.20. The number of amides is 1. The van der Waals surface area contributed by atoms with Crippen molar-refractivity contribution in [2.75, 3.05) is 13.1 Å². The number of carbonyl (C=O) groups excluding carboxylic acids is 1. The van der Waals surface area contributed by atoms with Gasteiger partial charge in [0.2, 0.25) is 5.91 Å². The van der Waals surface area contributed by atoms with Crippen molar-refractivity contribution in [1.29, 1.82) is 0 Å². The molecule has 0 spiro atoms. The maximum absolute atomic E-state index is 11.5. The summed E-state index contributed by atoms with van der Waals surface area (Å²) in [4.78, 5) is 11.5. The molecule has 0 radical (unpaired) electrons. The Morgan fingerprint density at radius 2 is 1.93 bits per heavy atom. The summed E-state index contributed by atoms with van der Waals surface area (Å²) in [6.45, 7) is 7.43. The van der Waals surface area contributed by atoms with Gasteiger partial charge in [-0.25, -0.2) is 0 Å². The molecule has 0 aromatic rings. The molecule has 1 amide bonds. The third-order valence-electron chi connectivity index (χ3n) is 2.63. The quantitative estimate of drug-likeness (QED) is 0.668. The molecule has 2 N–H and O–H groups in total. The molecule has 0 aliphatic heterocycles. The predicted molar refractivity (Wildman–Crippen MR) is 58.1 cm³/mol. The van der Waals surface area contributed by atoms with Crippen LogP contribution in [0.1, 0.15) is 40.0 Å². The summed E-state index contributed by atoms with van der Waals surface area (Å²) in [6.07, 6.45) is 3.95. The highest BCUT2D eigenvalue weighted by atomic mass is 16.2. The van der Waals surface area contributed by atoms with Gasteiger partial charge in [0.05, 0.1) is 0 Å². The molecule has 0 atom stereocenters. The summed E-state index contributed by atoms with van der Waals surface area (Å²) in [7, 11) is 0. The predicted octanol–water partition coefficient (Wildman–Crippen LogP) is 1.29. The smallest absolute Gasteiger partial charge is 0.225 e. The molecule has 1 saturated carbocycles. The van der Waals surface area contributed by atoms with Crippen LogP contribution in [-0.2, 0) is 4.79 Å². The van der Waals surface area contributed by atoms with E-state index in [4.69, 9.17) is 0 Å². The van der Waals surface area contributed by atoms with Gasteiger partial charge in [-0.1, -0.05) is 27.2 Å². The van der Waals surface area contributed by atoms with Crippen molar-refractivity contribution in [3.63, 3.8) is 0 Å². The minimum absolute atomic E-state index is 0.132. The van der Waals surface area contributed by atoms with Crippen molar-refractivity contribution in [2.24, 2.45) is 5.41 Å². The average Bonchev–Trinajstić information content (AvgIpc) is 1.98. The lowest BCUT2D eigenvalue weighted by Crippen LogP contribution is -2.42. The molecule has 1 aliphatic carbocycles. The van der Waals surface area contributed by atoms with Crippen LogP contribution in [0.25, 0.3) is 0 Å². The Balaban J connectivity index is 2.00. The molecule has 0 unspecified atom stereocenters. The maximum Gasteiger partial charge on any atom is 0.225 e. The summed E-state index contributed by atoms with van der Waals surface area (Å²) in [5, 5.41) is 6.34. The number of hydrogen-bond donors (Lipinski definition) is 2. The monoisotopic (exact) mass is 198 g/mol. The van der Waals surface area contributed by atoms with E-state index >= 15 is 0 Å². The first-order valence-corrected chi connectivity index (χ1v) is 5.52. The molecular weight excluding hydrogens is 176 g/mol. The van der Waals surface area contributed by atoms with Gasteiger partial charge >= 0.3 is 0 Å². The van der Waals surface area contributed by atoms with Crippen LogP contribution in [-0.4, -0.2) is 25.0 Å². The van der Waals surface area contributed by atoms with Crippen molar-refractivity contribution >= 4 is 5.91 Å². The molecule has 0 aromatic carbocycles. The highest BCUT2D eigenvalue weighted by molar-refractivity contribution is 5.81. The average molecular weight is 198 g/mol. The van der Waals surface area contributed by atoms with Crippen LogP contribution < -0.4 is 10.6 Å². The van der Waals surface area contributed by atoms with Crippen molar-refractivity contribution in [2.45, 2.75) is 46.1 Å². The fourth-order valence-electron chi connectivity index (χ4n) is 1.33. The fourth-order valence-corrected chi connectivity index (χ4v) is 1.33. The van der Waals surface area contributed by atoms with Gasteiger partial charge in [-0.3, -0.25) is 4.79 Å². The first kappa shape index (κ1) is 11.5. The van der Waals surface area contributed by atoms with Crippen LogP contribution in [0, 0.1) is 5.41 Å². The van der Waals surface area contributed by atoms with Gasteiger partial charge in [-0.15, -0.1) is 0 Å². The van der Waals surface area contributed by atoms with E-state index in [1.54, 1.807) is 0 Å². The highest BCUT2D eigenvalue weighted by Crippen LogP contribution is 2.17. The van der Waals surface area contributed by atoms with Crippen LogP contribution in [0.15, 0.2) is 0 Å². The van der Waals surface area contributed by atoms with E-state index < -0.39 is 0 Å². The van der Waals surface area contributed by atoms with Gasteiger partial charge in [0, 0.05) is 24.5 Å². The summed E-state index contributed by atoms with van der Waals surface area (Å²) >= 11 is 0. The van der Waals surface area contributed by atoms with Gasteiger partial charge < -0.3 is 10.6 Å². The topological polar surface area (TPSA) is 41.1 Å². The number of hydrogen-bond acceptors (Lipinski definition) is 2. The second kappa shape index (κ2) is 4.78. The Labute approximate surface area is 86.6 Å². The lowest BCUT2D eigenvalue weighted by molar-refractivity contribution is -0.128. The van der Waals surface area contributed by atoms with Crippen LogP contribution in [0.2, 0.25) is 0 Å². The first-order valence-electron chi connectivity index (χ1n) is 5.52. The maximum atomic E-state index is 11.5. The molecule has 0 heterocycles. The summed E-state index contributed by atoms with van der Waals surface area (Å²) in [6, 6.07) is 0.710. The van der Waals surface area contributed by atoms with Crippen LogP contribution >= 0.6 is 0 Å². The number of rotatable bonds is 4. The molecule has 14 heavy (non-hydrogen) atoms. The Morgan fingerprint density at radius 3 is 2.36 bits per heavy atom. The second-order valence-electron chi connectivity index (χ2n) is 5.09. The summed E-state index contributed by atoms with van der Waals surface area (Å²) in [5.41, 5.74) is -0.267. The Kier molecular flexibility index (Phi) is 3.93. The Hall–Kier alpha value is -0.570. The minimum Gasteiger partial charge on any atom is -0.354 e. The third-order valence-corrected chi connectivity index (χ3v) is 2.63. The van der Waals surface area contributed by atoms with E-state index in [1.807, 2.05) is 20.8 Å². The SMILES string of the molecule is CC(C)(C)C(=O)NCCNC1CCC1. The van der Waals surface area contributed by atoms with Crippen molar-refractivity contribution < 1.29 is 4.79 Å². The first-order chi connectivity index (χ1) is 6.50. The van der Waals surface area contributed by atoms with E-state index in [9.17, 15) is 4.79 Å². The normalized spacial score (nSPS) is 17.6. The van der Waals surface area contributed by atoms with Crippen LogP contribution in [0.4, 0.5) is 0 Å². The van der Waals surface area contributed by atoms with Crippen molar-refractivity contribution in [3.05, 3.63) is 0 Å². The van der Waals surface area contributed by atoms with Crippen molar-refractivity contribution in [3.8, 4) is 0 Å². The van der Waals surface area contributed by atoms with Gasteiger partial charge in [-0.05, 0) is 12.8 Å². The van der Waals surface area contributed by atoms with Gasteiger partial charge in [0.1, 0.15) is 0 Å². The van der Waals surface area contributed by atoms with Crippen LogP contribution in [0.5, 0.6) is 0 Å². The molecule has 1 rings (SSSR count). The van der Waals surface area contributed by atoms with Gasteiger partial charge in [-0.2, -0.15) is 0 Å². The Morgan fingerprint density at radius 1 is 1.29 bits per heavy atom. The summed E-state index contributed by atoms with van der Waals surface area (Å²) < 4.78 is 0. The molecule has 1 fully saturated rings. The molecule has 0 bridgehead atoms. The van der Waals surface area contributed by atoms with E-state index in [0.717, 1.165) is 13.1 Å². The van der Waals surface area contributed by atoms with Gasteiger partial charge in [0.15, 0.2) is 0 Å². The zero-order valence-corrected chi connectivity index (χ0v) is 9.52. The van der Waals surface area contributed by atoms with E-state index in [2.05, 4.69) is 10.6 Å². The zero-order chi connectivity index (χ0) is 10.6. The fraction of sp³-hybridized carbons (Fsp3) is 0.909. The molecule has 1 aliphatic rings. The lowest BCUT2D eigenvalue weighted by atomic mass is 9.93. The molecule has 3 heteroatoms. The summed E-state index contributed by atoms with van der Waals surface area (Å²) in [5.74, 6) is 0.132. The van der Waals surface area contributed by atoms with Crippen LogP contribution in [0.3, 0.4) is 0 Å². The third kappa shape index (κ3) is 3.66.